The molecule has 0 fully saturated rings. The summed E-state index contributed by atoms with van der Waals surface area (Å²) < 4.78 is 0. The van der Waals surface area contributed by atoms with Crippen molar-refractivity contribution in [2.75, 3.05) is 0 Å². The minimum absolute atomic E-state index is 0. The zero-order valence-electron chi connectivity index (χ0n) is 6.37. The molecule has 0 saturated heterocycles. The largest absolute Gasteiger partial charge is 0.478 e. The van der Waals surface area contributed by atoms with Crippen LogP contribution in [0.1, 0.15) is 20.7 Å². The van der Waals surface area contributed by atoms with Crippen molar-refractivity contribution in [3.8, 4) is 0 Å². The van der Waals surface area contributed by atoms with Gasteiger partial charge < -0.3 is 10.2 Å². The Bertz CT molecular complexity index is 284. The van der Waals surface area contributed by atoms with Crippen LogP contribution in [0.2, 0.25) is 0 Å². The van der Waals surface area contributed by atoms with Crippen molar-refractivity contribution in [3.05, 3.63) is 35.4 Å². The average molecular weight is 323 g/mol. The summed E-state index contributed by atoms with van der Waals surface area (Å²) in [6, 6.07) is 5.02. The van der Waals surface area contributed by atoms with Gasteiger partial charge in [0.25, 0.3) is 0 Å². The molecule has 1 rings (SSSR count). The van der Waals surface area contributed by atoms with Gasteiger partial charge in [0.1, 0.15) is 0 Å². The van der Waals surface area contributed by atoms with Crippen molar-refractivity contribution >= 4 is 11.9 Å². The Morgan fingerprint density at radius 3 is 1.23 bits per heavy atom. The van der Waals surface area contributed by atoms with E-state index in [1.165, 1.54) is 24.3 Å². The molecule has 0 saturated carbocycles. The first-order valence-electron chi connectivity index (χ1n) is 3.18. The minimum Gasteiger partial charge on any atom is -0.478 e. The van der Waals surface area contributed by atoms with Gasteiger partial charge in [0.05, 0.1) is 11.1 Å². The van der Waals surface area contributed by atoms with Gasteiger partial charge in [-0.25, -0.2) is 9.59 Å². The van der Waals surface area contributed by atoms with E-state index in [9.17, 15) is 9.59 Å². The zero-order valence-corrected chi connectivity index (χ0v) is 8.64. The van der Waals surface area contributed by atoms with E-state index >= 15 is 0 Å². The normalized spacial score (nSPS) is 8.62. The van der Waals surface area contributed by atoms with Crippen LogP contribution < -0.4 is 0 Å². The van der Waals surface area contributed by atoms with Crippen LogP contribution in [0.3, 0.4) is 0 Å². The second-order valence-electron chi connectivity index (χ2n) is 2.19. The van der Waals surface area contributed by atoms with Gasteiger partial charge in [0, 0.05) is 39.9 Å². The number of rotatable bonds is 2. The van der Waals surface area contributed by atoms with E-state index in [1.54, 1.807) is 0 Å². The van der Waals surface area contributed by atoms with Crippen molar-refractivity contribution in [3.63, 3.8) is 0 Å². The molecule has 2 N–H and O–H groups in total. The van der Waals surface area contributed by atoms with Gasteiger partial charge in [-0.3, -0.25) is 0 Å². The number of hydrogen-bond donors (Lipinski definition) is 2. The van der Waals surface area contributed by atoms with E-state index in [0.29, 0.717) is 0 Å². The van der Waals surface area contributed by atoms with E-state index in [4.69, 9.17) is 10.2 Å². The molecule has 0 atom stereocenters. The van der Waals surface area contributed by atoms with Gasteiger partial charge in [-0.15, -0.1) is 0 Å². The number of hydrogen-bond acceptors (Lipinski definition) is 2. The molecule has 1 aromatic rings. The Balaban J connectivity index is 0.00000144. The van der Waals surface area contributed by atoms with Gasteiger partial charge in [0.15, 0.2) is 0 Å². The molecule has 0 unspecified atom stereocenters. The zero-order chi connectivity index (χ0) is 9.14. The van der Waals surface area contributed by atoms with E-state index in [1.807, 2.05) is 0 Å². The second kappa shape index (κ2) is 5.27. The maximum Gasteiger partial charge on any atom is 0.335 e. The van der Waals surface area contributed by atoms with Crippen LogP contribution in [0.25, 0.3) is 0 Å². The molecule has 0 bridgehead atoms. The topological polar surface area (TPSA) is 74.6 Å². The van der Waals surface area contributed by atoms with Crippen molar-refractivity contribution in [2.45, 2.75) is 0 Å². The van der Waals surface area contributed by atoms with E-state index in [0.717, 1.165) is 0 Å². The molecular formula is C8H6GdO4. The summed E-state index contributed by atoms with van der Waals surface area (Å²) in [6.07, 6.45) is 0. The SMILES string of the molecule is O=C(O)c1ccc(C(=O)O)cc1.[Gd]. The molecule has 13 heavy (non-hydrogen) atoms. The molecule has 0 radical (unpaired) electrons. The third-order valence-corrected chi connectivity index (χ3v) is 1.38. The first kappa shape index (κ1) is 12.5. The van der Waals surface area contributed by atoms with Gasteiger partial charge in [-0.1, -0.05) is 0 Å². The number of carboxylic acid groups (broad SMARTS) is 2. The Labute approximate surface area is 106 Å². The van der Waals surface area contributed by atoms with Crippen molar-refractivity contribution in [2.24, 2.45) is 0 Å². The van der Waals surface area contributed by atoms with E-state index in [2.05, 4.69) is 0 Å². The first-order chi connectivity index (χ1) is 5.61. The maximum absolute atomic E-state index is 10.3. The Morgan fingerprint density at radius 1 is 0.846 bits per heavy atom. The van der Waals surface area contributed by atoms with Crippen LogP contribution in [0.15, 0.2) is 24.3 Å². The molecule has 0 amide bonds. The number of carbonyl (C=O) groups is 2. The van der Waals surface area contributed by atoms with Crippen molar-refractivity contribution in [1.29, 1.82) is 0 Å². The van der Waals surface area contributed by atoms with Crippen LogP contribution in [-0.2, 0) is 0 Å². The summed E-state index contributed by atoms with van der Waals surface area (Å²) >= 11 is 0. The molecule has 0 aliphatic carbocycles. The molecule has 0 aliphatic heterocycles. The molecule has 1 aromatic carbocycles. The van der Waals surface area contributed by atoms with Gasteiger partial charge >= 0.3 is 11.9 Å². The second-order valence-corrected chi connectivity index (χ2v) is 2.19. The number of aromatic carboxylic acids is 2. The van der Waals surface area contributed by atoms with Crippen LogP contribution in [0, 0.1) is 39.9 Å². The quantitative estimate of drug-likeness (QED) is 0.854. The summed E-state index contributed by atoms with van der Waals surface area (Å²) in [5.41, 5.74) is 0.167. The van der Waals surface area contributed by atoms with Gasteiger partial charge in [-0.2, -0.15) is 0 Å². The standard InChI is InChI=1S/C8H6O4.Gd/c9-7(10)5-1-2-6(4-3-5)8(11)12;/h1-4H,(H,9,10)(H,11,12);. The summed E-state index contributed by atoms with van der Waals surface area (Å²) in [5, 5.41) is 16.9. The fourth-order valence-corrected chi connectivity index (χ4v) is 0.755. The van der Waals surface area contributed by atoms with Crippen LogP contribution >= 0.6 is 0 Å². The molecule has 70 valence electrons. The molecule has 4 nitrogen and oxygen atoms in total. The third-order valence-electron chi connectivity index (χ3n) is 1.38. The summed E-state index contributed by atoms with van der Waals surface area (Å²) in [7, 11) is 0. The molecule has 0 spiro atoms. The Hall–Kier alpha value is -0.515. The van der Waals surface area contributed by atoms with E-state index < -0.39 is 11.9 Å². The van der Waals surface area contributed by atoms with E-state index in [-0.39, 0.29) is 51.1 Å². The predicted octanol–water partition coefficient (Wildman–Crippen LogP) is 1.08. The van der Waals surface area contributed by atoms with Gasteiger partial charge in [-0.05, 0) is 24.3 Å². The fourth-order valence-electron chi connectivity index (χ4n) is 0.755. The minimum atomic E-state index is -1.06. The number of benzene rings is 1. The smallest absolute Gasteiger partial charge is 0.335 e. The maximum atomic E-state index is 10.3. The molecular weight excluding hydrogens is 317 g/mol. The predicted molar refractivity (Wildman–Crippen MR) is 40.4 cm³/mol. The van der Waals surface area contributed by atoms with Crippen molar-refractivity contribution in [1.82, 2.24) is 0 Å². The summed E-state index contributed by atoms with van der Waals surface area (Å²) in [5.74, 6) is -2.13. The Morgan fingerprint density at radius 2 is 1.08 bits per heavy atom. The molecule has 5 heteroatoms. The number of carboxylic acids is 2. The van der Waals surface area contributed by atoms with Crippen molar-refractivity contribution < 1.29 is 59.7 Å². The third kappa shape index (κ3) is 3.38. The summed E-state index contributed by atoms with van der Waals surface area (Å²) in [4.78, 5) is 20.7. The van der Waals surface area contributed by atoms with Crippen LogP contribution in [-0.4, -0.2) is 22.2 Å². The van der Waals surface area contributed by atoms with Crippen LogP contribution in [0.4, 0.5) is 0 Å². The molecule has 0 aliphatic rings. The molecule has 0 heterocycles. The van der Waals surface area contributed by atoms with Crippen LogP contribution in [0.5, 0.6) is 0 Å². The average Bonchev–Trinajstić information content (AvgIpc) is 2.04. The molecule has 0 aromatic heterocycles. The fraction of sp³-hybridized carbons (Fsp3) is 0. The van der Waals surface area contributed by atoms with Gasteiger partial charge in [0.2, 0.25) is 0 Å². The first-order valence-corrected chi connectivity index (χ1v) is 3.18. The monoisotopic (exact) mass is 324 g/mol. The Kier molecular flexibility index (Phi) is 5.06. The summed E-state index contributed by atoms with van der Waals surface area (Å²) in [6.45, 7) is 0.